The number of nitrogens with two attached hydrogens (primary N) is 1. The van der Waals surface area contributed by atoms with Gasteiger partial charge in [0, 0.05) is 47.7 Å². The molecule has 2 N–H and O–H groups in total. The SMILES string of the molecule is CN1C=Cc2c3c1ccc(N)c3cn2Cl. The Hall–Kier alpha value is -1.61. The second kappa shape index (κ2) is 2.70. The van der Waals surface area contributed by atoms with Crippen LogP contribution >= 0.6 is 11.8 Å². The van der Waals surface area contributed by atoms with E-state index in [-0.39, 0.29) is 0 Å². The molecule has 0 amide bonds. The molecule has 0 radical (unpaired) electrons. The molecule has 1 aliphatic heterocycles. The minimum absolute atomic E-state index is 0.762. The van der Waals surface area contributed by atoms with Crippen molar-refractivity contribution in [3.63, 3.8) is 0 Å². The summed E-state index contributed by atoms with van der Waals surface area (Å²) in [4.78, 5) is 2.06. The smallest absolute Gasteiger partial charge is 0.0689 e. The lowest BCUT2D eigenvalue weighted by molar-refractivity contribution is 1.19. The van der Waals surface area contributed by atoms with Crippen LogP contribution in [-0.4, -0.2) is 11.1 Å². The first-order valence-electron chi connectivity index (χ1n) is 4.69. The van der Waals surface area contributed by atoms with E-state index in [9.17, 15) is 0 Å². The third kappa shape index (κ3) is 1.01. The number of nitrogens with zero attached hydrogens (tertiary/aromatic N) is 2. The van der Waals surface area contributed by atoms with Crippen molar-refractivity contribution in [2.75, 3.05) is 17.7 Å². The first-order chi connectivity index (χ1) is 7.18. The average Bonchev–Trinajstić information content (AvgIpc) is 2.54. The van der Waals surface area contributed by atoms with Crippen molar-refractivity contribution in [2.24, 2.45) is 0 Å². The predicted molar refractivity (Wildman–Crippen MR) is 65.0 cm³/mol. The number of hydrogen-bond acceptors (Lipinski definition) is 2. The number of halogens is 1. The molecule has 0 unspecified atom stereocenters. The van der Waals surface area contributed by atoms with Gasteiger partial charge < -0.3 is 10.6 Å². The molecular formula is C11H10ClN3. The van der Waals surface area contributed by atoms with Gasteiger partial charge in [0.2, 0.25) is 0 Å². The first-order valence-corrected chi connectivity index (χ1v) is 5.03. The Kier molecular flexibility index (Phi) is 1.56. The second-order valence-corrected chi connectivity index (χ2v) is 4.08. The van der Waals surface area contributed by atoms with Crippen LogP contribution in [0.15, 0.2) is 24.5 Å². The molecule has 0 atom stereocenters. The highest BCUT2D eigenvalue weighted by Gasteiger charge is 2.17. The van der Waals surface area contributed by atoms with Gasteiger partial charge in [-0.1, -0.05) is 0 Å². The van der Waals surface area contributed by atoms with E-state index in [1.165, 1.54) is 0 Å². The van der Waals surface area contributed by atoms with Gasteiger partial charge in [0.05, 0.1) is 11.4 Å². The van der Waals surface area contributed by atoms with Crippen LogP contribution in [0, 0.1) is 0 Å². The molecule has 0 aliphatic carbocycles. The van der Waals surface area contributed by atoms with E-state index in [0.717, 1.165) is 27.8 Å². The predicted octanol–water partition coefficient (Wildman–Crippen LogP) is 2.65. The van der Waals surface area contributed by atoms with E-state index in [1.54, 1.807) is 4.09 Å². The van der Waals surface area contributed by atoms with E-state index in [2.05, 4.69) is 4.90 Å². The minimum Gasteiger partial charge on any atom is -0.398 e. The Morgan fingerprint density at radius 2 is 2.13 bits per heavy atom. The zero-order chi connectivity index (χ0) is 10.6. The Morgan fingerprint density at radius 1 is 1.33 bits per heavy atom. The van der Waals surface area contributed by atoms with Gasteiger partial charge in [-0.25, -0.2) is 0 Å². The minimum atomic E-state index is 0.762. The molecule has 0 fully saturated rings. The number of hydrogen-bond donors (Lipinski definition) is 1. The third-order valence-corrected chi connectivity index (χ3v) is 3.10. The summed E-state index contributed by atoms with van der Waals surface area (Å²) in [6.45, 7) is 0. The lowest BCUT2D eigenvalue weighted by Crippen LogP contribution is -2.11. The first kappa shape index (κ1) is 8.68. The average molecular weight is 220 g/mol. The summed E-state index contributed by atoms with van der Waals surface area (Å²) >= 11 is 6.08. The summed E-state index contributed by atoms with van der Waals surface area (Å²) in [5.41, 5.74) is 8.81. The van der Waals surface area contributed by atoms with Gasteiger partial charge in [-0.2, -0.15) is 0 Å². The fourth-order valence-corrected chi connectivity index (χ4v) is 2.27. The van der Waals surface area contributed by atoms with Crippen LogP contribution < -0.4 is 10.6 Å². The molecule has 2 aromatic rings. The van der Waals surface area contributed by atoms with Crippen LogP contribution in [0.1, 0.15) is 5.69 Å². The van der Waals surface area contributed by atoms with E-state index >= 15 is 0 Å². The molecule has 1 aromatic carbocycles. The third-order valence-electron chi connectivity index (χ3n) is 2.82. The molecule has 0 saturated carbocycles. The zero-order valence-electron chi connectivity index (χ0n) is 8.24. The molecule has 3 nitrogen and oxygen atoms in total. The number of benzene rings is 1. The lowest BCUT2D eigenvalue weighted by Gasteiger charge is -2.20. The maximum Gasteiger partial charge on any atom is 0.0689 e. The van der Waals surface area contributed by atoms with Gasteiger partial charge in [0.1, 0.15) is 0 Å². The van der Waals surface area contributed by atoms with Crippen molar-refractivity contribution in [3.05, 3.63) is 30.2 Å². The molecule has 0 bridgehead atoms. The van der Waals surface area contributed by atoms with Crippen LogP contribution in [0.5, 0.6) is 0 Å². The van der Waals surface area contributed by atoms with E-state index in [0.29, 0.717) is 0 Å². The molecule has 1 aliphatic rings. The lowest BCUT2D eigenvalue weighted by atomic mass is 10.1. The quantitative estimate of drug-likeness (QED) is 0.692. The summed E-state index contributed by atoms with van der Waals surface area (Å²) in [6, 6.07) is 3.93. The molecule has 3 rings (SSSR count). The number of aromatic nitrogens is 1. The van der Waals surface area contributed by atoms with Gasteiger partial charge in [0.25, 0.3) is 0 Å². The standard InChI is InChI=1S/C11H10ClN3/c1-14-5-4-10-11-7(6-15(10)12)8(13)2-3-9(11)14/h2-6H,13H2,1H3. The molecule has 2 heterocycles. The molecule has 4 heteroatoms. The van der Waals surface area contributed by atoms with E-state index < -0.39 is 0 Å². The van der Waals surface area contributed by atoms with E-state index in [4.69, 9.17) is 17.5 Å². The molecular weight excluding hydrogens is 210 g/mol. The molecule has 0 saturated heterocycles. The van der Waals surface area contributed by atoms with Crippen LogP contribution in [0.2, 0.25) is 0 Å². The van der Waals surface area contributed by atoms with Crippen molar-refractivity contribution in [1.29, 1.82) is 0 Å². The molecule has 76 valence electrons. The summed E-state index contributed by atoms with van der Waals surface area (Å²) < 4.78 is 1.59. The Labute approximate surface area is 92.4 Å². The summed E-state index contributed by atoms with van der Waals surface area (Å²) in [5.74, 6) is 0. The van der Waals surface area contributed by atoms with Crippen LogP contribution in [0.4, 0.5) is 11.4 Å². The van der Waals surface area contributed by atoms with Crippen molar-refractivity contribution >= 4 is 40.0 Å². The summed E-state index contributed by atoms with van der Waals surface area (Å²) in [7, 11) is 2.01. The van der Waals surface area contributed by atoms with Crippen molar-refractivity contribution in [1.82, 2.24) is 4.09 Å². The highest BCUT2D eigenvalue weighted by Crippen LogP contribution is 2.38. The van der Waals surface area contributed by atoms with Crippen LogP contribution in [0.25, 0.3) is 16.8 Å². The zero-order valence-corrected chi connectivity index (χ0v) is 8.99. The van der Waals surface area contributed by atoms with Gasteiger partial charge in [-0.15, -0.1) is 0 Å². The van der Waals surface area contributed by atoms with Gasteiger partial charge in [0.15, 0.2) is 0 Å². The maximum absolute atomic E-state index is 6.08. The van der Waals surface area contributed by atoms with Gasteiger partial charge >= 0.3 is 0 Å². The Balaban J connectivity index is 2.54. The number of nitrogen functional groups attached to an aromatic ring is 1. The van der Waals surface area contributed by atoms with Crippen molar-refractivity contribution in [2.45, 2.75) is 0 Å². The van der Waals surface area contributed by atoms with Crippen LogP contribution in [0.3, 0.4) is 0 Å². The Bertz CT molecular complexity index is 583. The molecule has 15 heavy (non-hydrogen) atoms. The van der Waals surface area contributed by atoms with Gasteiger partial charge in [-0.3, -0.25) is 4.09 Å². The highest BCUT2D eigenvalue weighted by atomic mass is 35.5. The van der Waals surface area contributed by atoms with Crippen LogP contribution in [-0.2, 0) is 0 Å². The normalized spacial score (nSPS) is 13.9. The molecule has 1 aromatic heterocycles. The largest absolute Gasteiger partial charge is 0.398 e. The highest BCUT2D eigenvalue weighted by molar-refractivity contribution is 6.20. The fourth-order valence-electron chi connectivity index (χ4n) is 2.03. The number of rotatable bonds is 0. The van der Waals surface area contributed by atoms with Crippen molar-refractivity contribution in [3.8, 4) is 0 Å². The van der Waals surface area contributed by atoms with Gasteiger partial charge in [-0.05, 0) is 18.2 Å². The van der Waals surface area contributed by atoms with E-state index in [1.807, 2.05) is 37.7 Å². The molecule has 0 spiro atoms. The summed E-state index contributed by atoms with van der Waals surface area (Å²) in [6.07, 6.45) is 5.84. The fraction of sp³-hybridized carbons (Fsp3) is 0.0909. The topological polar surface area (TPSA) is 34.2 Å². The Morgan fingerprint density at radius 3 is 2.93 bits per heavy atom. The monoisotopic (exact) mass is 219 g/mol. The summed E-state index contributed by atoms with van der Waals surface area (Å²) in [5, 5.41) is 2.13. The maximum atomic E-state index is 6.08. The van der Waals surface area contributed by atoms with Crippen molar-refractivity contribution < 1.29 is 0 Å². The number of anilines is 2. The second-order valence-electron chi connectivity index (χ2n) is 3.71.